The maximum Gasteiger partial charge on any atom is 0.258 e. The molecular weight excluding hydrogens is 410 g/mol. The summed E-state index contributed by atoms with van der Waals surface area (Å²) in [5.41, 5.74) is 0.346. The number of aromatic nitrogens is 2. The topological polar surface area (TPSA) is 116 Å². The summed E-state index contributed by atoms with van der Waals surface area (Å²) in [6, 6.07) is 7.38. The van der Waals surface area contributed by atoms with Crippen molar-refractivity contribution in [3.05, 3.63) is 40.2 Å². The first kappa shape index (κ1) is 21.9. The molecule has 3 heterocycles. The highest BCUT2D eigenvalue weighted by Crippen LogP contribution is 2.32. The SMILES string of the molecule is CCOc1ccc(NC(=O)[C@@H]2CC(=O)Nc3nc(N4[C@H](C)CCC[C@@H]4C)[nH]c(=O)c32)cc1. The number of hydrogen-bond donors (Lipinski definition) is 3. The van der Waals surface area contributed by atoms with Crippen LogP contribution in [0, 0.1) is 0 Å². The molecule has 2 amide bonds. The number of rotatable bonds is 5. The number of benzene rings is 1. The van der Waals surface area contributed by atoms with E-state index in [2.05, 4.69) is 39.3 Å². The third-order valence-corrected chi connectivity index (χ3v) is 6.13. The minimum Gasteiger partial charge on any atom is -0.494 e. The van der Waals surface area contributed by atoms with Gasteiger partial charge < -0.3 is 20.3 Å². The quantitative estimate of drug-likeness (QED) is 0.659. The van der Waals surface area contributed by atoms with Crippen LogP contribution in [0.3, 0.4) is 0 Å². The molecule has 9 nitrogen and oxygen atoms in total. The van der Waals surface area contributed by atoms with Crippen LogP contribution >= 0.6 is 0 Å². The molecule has 1 aromatic carbocycles. The van der Waals surface area contributed by atoms with Gasteiger partial charge in [-0.3, -0.25) is 19.4 Å². The number of aromatic amines is 1. The molecule has 1 aromatic heterocycles. The summed E-state index contributed by atoms with van der Waals surface area (Å²) in [5, 5.41) is 5.48. The number of hydrogen-bond acceptors (Lipinski definition) is 6. The average molecular weight is 440 g/mol. The molecule has 3 N–H and O–H groups in total. The molecule has 0 spiro atoms. The molecule has 0 unspecified atom stereocenters. The van der Waals surface area contributed by atoms with E-state index >= 15 is 0 Å². The number of fused-ring (bicyclic) bond motifs is 1. The Bertz CT molecular complexity index is 1060. The van der Waals surface area contributed by atoms with Gasteiger partial charge >= 0.3 is 0 Å². The fourth-order valence-electron chi connectivity index (χ4n) is 4.57. The van der Waals surface area contributed by atoms with Crippen molar-refractivity contribution >= 4 is 29.3 Å². The van der Waals surface area contributed by atoms with Crippen molar-refractivity contribution in [1.82, 2.24) is 9.97 Å². The number of carbonyl (C=O) groups excluding carboxylic acids is 2. The van der Waals surface area contributed by atoms with Gasteiger partial charge in [-0.15, -0.1) is 0 Å². The van der Waals surface area contributed by atoms with Gasteiger partial charge in [-0.2, -0.15) is 4.98 Å². The molecule has 9 heteroatoms. The largest absolute Gasteiger partial charge is 0.494 e. The minimum absolute atomic E-state index is 0.115. The van der Waals surface area contributed by atoms with E-state index in [1.165, 1.54) is 0 Å². The van der Waals surface area contributed by atoms with Gasteiger partial charge in [0, 0.05) is 24.2 Å². The van der Waals surface area contributed by atoms with Crippen LogP contribution < -0.4 is 25.8 Å². The van der Waals surface area contributed by atoms with E-state index in [1.54, 1.807) is 24.3 Å². The summed E-state index contributed by atoms with van der Waals surface area (Å²) in [5.74, 6) is -0.398. The number of anilines is 3. The van der Waals surface area contributed by atoms with Gasteiger partial charge in [-0.1, -0.05) is 0 Å². The predicted molar refractivity (Wildman–Crippen MR) is 122 cm³/mol. The molecule has 0 radical (unpaired) electrons. The van der Waals surface area contributed by atoms with E-state index < -0.39 is 17.4 Å². The summed E-state index contributed by atoms with van der Waals surface area (Å²) in [7, 11) is 0. The standard InChI is InChI=1S/C23H29N5O4/c1-4-32-16-10-8-15(9-11-16)24-21(30)17-12-18(29)25-20-19(17)22(31)27-23(26-20)28-13(2)6-5-7-14(28)3/h8-11,13-14,17H,4-7,12H2,1-3H3,(H,24,30)(H2,25,26,27,29,31)/t13-,14+,17-/m1/s1. The number of ether oxygens (including phenoxy) is 1. The van der Waals surface area contributed by atoms with Crippen molar-refractivity contribution in [3.63, 3.8) is 0 Å². The molecule has 0 saturated carbocycles. The third kappa shape index (κ3) is 4.32. The molecule has 2 aliphatic rings. The first-order chi connectivity index (χ1) is 15.4. The van der Waals surface area contributed by atoms with E-state index in [9.17, 15) is 14.4 Å². The van der Waals surface area contributed by atoms with Gasteiger partial charge in [0.15, 0.2) is 0 Å². The van der Waals surface area contributed by atoms with Crippen LogP contribution in [0.4, 0.5) is 17.5 Å². The predicted octanol–water partition coefficient (Wildman–Crippen LogP) is 3.00. The maximum atomic E-state index is 13.1. The highest BCUT2D eigenvalue weighted by Gasteiger charge is 2.36. The molecule has 32 heavy (non-hydrogen) atoms. The molecule has 4 rings (SSSR count). The lowest BCUT2D eigenvalue weighted by molar-refractivity contribution is -0.123. The average Bonchev–Trinajstić information content (AvgIpc) is 2.74. The van der Waals surface area contributed by atoms with Crippen molar-refractivity contribution < 1.29 is 14.3 Å². The smallest absolute Gasteiger partial charge is 0.258 e. The maximum absolute atomic E-state index is 13.1. The number of amides is 2. The van der Waals surface area contributed by atoms with Crippen LogP contribution in [0.15, 0.2) is 29.1 Å². The normalized spacial score (nSPS) is 22.7. The van der Waals surface area contributed by atoms with Gasteiger partial charge in [-0.25, -0.2) is 0 Å². The summed E-state index contributed by atoms with van der Waals surface area (Å²) in [6.45, 7) is 6.64. The minimum atomic E-state index is -0.924. The van der Waals surface area contributed by atoms with Crippen LogP contribution in [0.5, 0.6) is 5.75 Å². The molecule has 0 bridgehead atoms. The monoisotopic (exact) mass is 439 g/mol. The number of nitrogens with zero attached hydrogens (tertiary/aromatic N) is 2. The lowest BCUT2D eigenvalue weighted by atomic mass is 9.92. The summed E-state index contributed by atoms with van der Waals surface area (Å²) < 4.78 is 5.41. The fraction of sp³-hybridized carbons (Fsp3) is 0.478. The van der Waals surface area contributed by atoms with Crippen LogP contribution in [-0.2, 0) is 9.59 Å². The highest BCUT2D eigenvalue weighted by atomic mass is 16.5. The highest BCUT2D eigenvalue weighted by molar-refractivity contribution is 6.04. The second-order valence-electron chi connectivity index (χ2n) is 8.44. The van der Waals surface area contributed by atoms with E-state index in [4.69, 9.17) is 4.74 Å². The zero-order valence-corrected chi connectivity index (χ0v) is 18.6. The van der Waals surface area contributed by atoms with Crippen molar-refractivity contribution in [3.8, 4) is 5.75 Å². The van der Waals surface area contributed by atoms with E-state index in [-0.39, 0.29) is 35.8 Å². The van der Waals surface area contributed by atoms with Crippen molar-refractivity contribution in [2.75, 3.05) is 22.1 Å². The molecule has 3 atom stereocenters. The first-order valence-corrected chi connectivity index (χ1v) is 11.1. The van der Waals surface area contributed by atoms with Crippen LogP contribution in [0.25, 0.3) is 0 Å². The number of carbonyl (C=O) groups is 2. The van der Waals surface area contributed by atoms with E-state index in [0.29, 0.717) is 24.0 Å². The Morgan fingerprint density at radius 3 is 2.53 bits per heavy atom. The van der Waals surface area contributed by atoms with Gasteiger partial charge in [0.1, 0.15) is 11.6 Å². The molecule has 0 aliphatic carbocycles. The van der Waals surface area contributed by atoms with Crippen molar-refractivity contribution in [2.45, 2.75) is 64.5 Å². The first-order valence-electron chi connectivity index (χ1n) is 11.1. The summed E-state index contributed by atoms with van der Waals surface area (Å²) >= 11 is 0. The lowest BCUT2D eigenvalue weighted by Crippen LogP contribution is -2.46. The fourth-order valence-corrected chi connectivity index (χ4v) is 4.57. The van der Waals surface area contributed by atoms with Gasteiger partial charge in [0.25, 0.3) is 5.56 Å². The summed E-state index contributed by atoms with van der Waals surface area (Å²) in [4.78, 5) is 48.0. The molecule has 2 aromatic rings. The Kier molecular flexibility index (Phi) is 6.16. The van der Waals surface area contributed by atoms with Crippen LogP contribution in [0.1, 0.15) is 57.9 Å². The van der Waals surface area contributed by atoms with Crippen LogP contribution in [0.2, 0.25) is 0 Å². The van der Waals surface area contributed by atoms with Gasteiger partial charge in [-0.05, 0) is 64.3 Å². The van der Waals surface area contributed by atoms with Gasteiger partial charge in [0.05, 0.1) is 18.1 Å². The Morgan fingerprint density at radius 2 is 1.88 bits per heavy atom. The Labute approximate surface area is 186 Å². The molecule has 1 saturated heterocycles. The summed E-state index contributed by atoms with van der Waals surface area (Å²) in [6.07, 6.45) is 3.02. The second-order valence-corrected chi connectivity index (χ2v) is 8.44. The van der Waals surface area contributed by atoms with Crippen molar-refractivity contribution in [2.24, 2.45) is 0 Å². The van der Waals surface area contributed by atoms with E-state index in [1.807, 2.05) is 6.92 Å². The Morgan fingerprint density at radius 1 is 1.19 bits per heavy atom. The zero-order valence-electron chi connectivity index (χ0n) is 18.6. The molecule has 170 valence electrons. The van der Waals surface area contributed by atoms with Crippen LogP contribution in [-0.4, -0.2) is 40.5 Å². The second kappa shape index (κ2) is 9.02. The third-order valence-electron chi connectivity index (χ3n) is 6.13. The number of piperidine rings is 1. The number of nitrogens with one attached hydrogen (secondary N) is 3. The van der Waals surface area contributed by atoms with Gasteiger partial charge in [0.2, 0.25) is 17.8 Å². The molecule has 2 aliphatic heterocycles. The lowest BCUT2D eigenvalue weighted by Gasteiger charge is -2.39. The van der Waals surface area contributed by atoms with Crippen molar-refractivity contribution in [1.29, 1.82) is 0 Å². The van der Waals surface area contributed by atoms with E-state index in [0.717, 1.165) is 19.3 Å². The molecular formula is C23H29N5O4. The zero-order chi connectivity index (χ0) is 22.8. The Hall–Kier alpha value is -3.36. The number of H-pyrrole nitrogens is 1. The molecule has 1 fully saturated rings. The Balaban J connectivity index is 1.62.